The Hall–Kier alpha value is 0.140. The first-order chi connectivity index (χ1) is 15.5. The van der Waals surface area contributed by atoms with E-state index in [0.29, 0.717) is 23.4 Å². The van der Waals surface area contributed by atoms with Crippen molar-refractivity contribution in [2.45, 2.75) is 117 Å². The Morgan fingerprint density at radius 2 is 1.70 bits per heavy atom. The van der Waals surface area contributed by atoms with Crippen molar-refractivity contribution >= 4 is 13.9 Å². The summed E-state index contributed by atoms with van der Waals surface area (Å²) in [5.41, 5.74) is 0.936. The van der Waals surface area contributed by atoms with E-state index in [4.69, 9.17) is 9.05 Å². The van der Waals surface area contributed by atoms with E-state index in [0.717, 1.165) is 55.3 Å². The predicted octanol–water partition coefficient (Wildman–Crippen LogP) is 6.42. The van der Waals surface area contributed by atoms with E-state index in [1.165, 1.54) is 44.9 Å². The summed E-state index contributed by atoms with van der Waals surface area (Å²) in [6.07, 6.45) is 17.1. The summed E-state index contributed by atoms with van der Waals surface area (Å²) < 4.78 is 10.9. The van der Waals surface area contributed by atoms with E-state index in [1.807, 2.05) is 13.8 Å². The molecule has 4 nitrogen and oxygen atoms in total. The molecule has 4 aliphatic rings. The third-order valence-corrected chi connectivity index (χ3v) is 12.2. The van der Waals surface area contributed by atoms with Crippen LogP contribution in [0.15, 0.2) is 0 Å². The highest BCUT2D eigenvalue weighted by Crippen LogP contribution is 2.68. The topological polar surface area (TPSA) is 61.8 Å². The first-order valence-corrected chi connectivity index (χ1v) is 15.6. The molecule has 0 aromatic rings. The highest BCUT2D eigenvalue weighted by atomic mass is 31.2. The lowest BCUT2D eigenvalue weighted by atomic mass is 9.44. The summed E-state index contributed by atoms with van der Waals surface area (Å²) in [5.74, 6) is 4.85. The van der Waals surface area contributed by atoms with Gasteiger partial charge in [0.05, 0.1) is 18.8 Å². The van der Waals surface area contributed by atoms with Gasteiger partial charge >= 0.3 is 0 Å². The Balaban J connectivity index is 1.34. The highest BCUT2D eigenvalue weighted by Gasteiger charge is 2.60. The van der Waals surface area contributed by atoms with E-state index < -0.39 is 7.57 Å². The zero-order chi connectivity index (χ0) is 24.0. The van der Waals surface area contributed by atoms with Gasteiger partial charge in [0.25, 0.3) is 0 Å². The van der Waals surface area contributed by atoms with Crippen LogP contribution in [0.25, 0.3) is 0 Å². The van der Waals surface area contributed by atoms with E-state index in [9.17, 15) is 10.00 Å². The molecule has 0 saturated heterocycles. The first-order valence-electron chi connectivity index (χ1n) is 13.9. The lowest BCUT2D eigenvalue weighted by molar-refractivity contribution is -0.210. The fourth-order valence-electron chi connectivity index (χ4n) is 9.37. The molecule has 5 heteroatoms. The van der Waals surface area contributed by atoms with Gasteiger partial charge in [0.15, 0.2) is 0 Å². The maximum atomic E-state index is 12.3. The van der Waals surface area contributed by atoms with E-state index in [-0.39, 0.29) is 12.2 Å². The van der Waals surface area contributed by atoms with Crippen LogP contribution in [0.1, 0.15) is 105 Å². The zero-order valence-electron chi connectivity index (χ0n) is 21.9. The van der Waals surface area contributed by atoms with Crippen LogP contribution >= 0.6 is 7.57 Å². The van der Waals surface area contributed by atoms with Gasteiger partial charge in [-0.25, -0.2) is 0 Å². The van der Waals surface area contributed by atoms with Crippen molar-refractivity contribution in [3.05, 3.63) is 0 Å². The van der Waals surface area contributed by atoms with Crippen LogP contribution in [0.3, 0.4) is 0 Å². The zero-order valence-corrected chi connectivity index (χ0v) is 22.8. The summed E-state index contributed by atoms with van der Waals surface area (Å²) in [6, 6.07) is 0. The van der Waals surface area contributed by atoms with Gasteiger partial charge in [-0.2, -0.15) is 0 Å². The molecular weight excluding hydrogens is 431 g/mol. The van der Waals surface area contributed by atoms with Gasteiger partial charge in [-0.05, 0) is 131 Å². The standard InChI is InChI=1S/C28H50O4P/c1-19(2)32-33(6,30)31-17-7-8-20(3)24-11-12-25-23-10-9-21-18-22(29)13-15-27(21,4)26(23)14-16-28(24,25)5/h19-26,29H,6-18H2,1-5H3/q-1/t20-,21?,22-,23+,24-,25+,26+,27+,28-,33?/m1/s1. The maximum absolute atomic E-state index is 12.3. The molecule has 0 aromatic heterocycles. The normalized spacial score (nSPS) is 45.7. The third kappa shape index (κ3) is 5.17. The molecule has 2 unspecified atom stereocenters. The second-order valence-corrected chi connectivity index (χ2v) is 14.7. The number of aliphatic hydroxyl groups excluding tert-OH is 1. The third-order valence-electron chi connectivity index (χ3n) is 10.9. The average Bonchev–Trinajstić information content (AvgIpc) is 3.08. The molecule has 0 amide bonds. The molecule has 0 aliphatic heterocycles. The highest BCUT2D eigenvalue weighted by molar-refractivity contribution is 7.57. The van der Waals surface area contributed by atoms with Crippen molar-refractivity contribution in [1.82, 2.24) is 0 Å². The van der Waals surface area contributed by atoms with Crippen LogP contribution in [0, 0.1) is 46.3 Å². The van der Waals surface area contributed by atoms with Crippen LogP contribution in [-0.4, -0.2) is 30.2 Å². The van der Waals surface area contributed by atoms with Gasteiger partial charge in [-0.15, -0.1) is 0 Å². The van der Waals surface area contributed by atoms with Crippen LogP contribution in [-0.2, 0) is 9.05 Å². The number of hydrogen-bond acceptors (Lipinski definition) is 4. The Kier molecular flexibility index (Phi) is 7.85. The molecule has 192 valence electrons. The SMILES string of the molecule is C=P([O-])(OCCC[C@@H](C)[C@H]1CC[C@H]2[C@@H]3CCC4C[C@H](O)CC[C@]4(C)[C@H]3CC[C@]12C)OC(C)C. The Bertz CT molecular complexity index is 725. The first kappa shape index (κ1) is 26.2. The van der Waals surface area contributed by atoms with Crippen molar-refractivity contribution < 1.29 is 19.0 Å². The molecule has 4 aliphatic carbocycles. The minimum Gasteiger partial charge on any atom is -0.789 e. The Morgan fingerprint density at radius 3 is 2.42 bits per heavy atom. The van der Waals surface area contributed by atoms with Gasteiger partial charge in [-0.1, -0.05) is 27.1 Å². The van der Waals surface area contributed by atoms with Gasteiger partial charge in [-0.3, -0.25) is 0 Å². The van der Waals surface area contributed by atoms with Gasteiger partial charge < -0.3 is 19.0 Å². The molecule has 0 heterocycles. The second-order valence-electron chi connectivity index (χ2n) is 13.0. The number of aliphatic hydroxyl groups is 1. The molecule has 33 heavy (non-hydrogen) atoms. The molecule has 0 bridgehead atoms. The quantitative estimate of drug-likeness (QED) is 0.321. The molecule has 4 rings (SSSR count). The Labute approximate surface area is 203 Å². The van der Waals surface area contributed by atoms with Gasteiger partial charge in [0, 0.05) is 7.57 Å². The molecule has 0 aromatic carbocycles. The minimum atomic E-state index is -3.18. The Morgan fingerprint density at radius 1 is 1.00 bits per heavy atom. The van der Waals surface area contributed by atoms with E-state index in [1.54, 1.807) is 0 Å². The van der Waals surface area contributed by atoms with Crippen molar-refractivity contribution in [1.29, 1.82) is 0 Å². The van der Waals surface area contributed by atoms with Gasteiger partial charge in [0.1, 0.15) is 0 Å². The predicted molar refractivity (Wildman–Crippen MR) is 136 cm³/mol. The second kappa shape index (κ2) is 9.89. The summed E-state index contributed by atoms with van der Waals surface area (Å²) in [6.45, 7) is 11.8. The molecule has 0 radical (unpaired) electrons. The largest absolute Gasteiger partial charge is 0.789 e. The summed E-state index contributed by atoms with van der Waals surface area (Å²) in [4.78, 5) is 12.3. The molecule has 4 fully saturated rings. The molecular formula is C28H50O4P-. The van der Waals surface area contributed by atoms with Crippen molar-refractivity contribution in [2.24, 2.45) is 46.3 Å². The lowest BCUT2D eigenvalue weighted by Gasteiger charge is -2.61. The summed E-state index contributed by atoms with van der Waals surface area (Å²) >= 11 is 0. The summed E-state index contributed by atoms with van der Waals surface area (Å²) in [7, 11) is -3.18. The van der Waals surface area contributed by atoms with Crippen LogP contribution in [0.5, 0.6) is 0 Å². The number of hydrogen-bond donors (Lipinski definition) is 1. The lowest BCUT2D eigenvalue weighted by Crippen LogP contribution is -2.54. The fraction of sp³-hybridized carbons (Fsp3) is 0.964. The number of rotatable bonds is 8. The van der Waals surface area contributed by atoms with Gasteiger partial charge in [0.2, 0.25) is 0 Å². The van der Waals surface area contributed by atoms with Crippen molar-refractivity contribution in [2.75, 3.05) is 6.61 Å². The fourth-order valence-corrected chi connectivity index (χ4v) is 10.5. The van der Waals surface area contributed by atoms with Crippen molar-refractivity contribution in [3.8, 4) is 0 Å². The van der Waals surface area contributed by atoms with Crippen LogP contribution < -0.4 is 4.89 Å². The van der Waals surface area contributed by atoms with E-state index >= 15 is 0 Å². The van der Waals surface area contributed by atoms with Crippen molar-refractivity contribution in [3.63, 3.8) is 0 Å². The molecule has 0 spiro atoms. The number of fused-ring (bicyclic) bond motifs is 5. The molecule has 1 N–H and O–H groups in total. The van der Waals surface area contributed by atoms with E-state index in [2.05, 4.69) is 27.1 Å². The maximum Gasteiger partial charge on any atom is 0.0574 e. The molecule has 10 atom stereocenters. The molecule has 4 saturated carbocycles. The minimum absolute atomic E-state index is 0.0523. The smallest absolute Gasteiger partial charge is 0.0574 e. The monoisotopic (exact) mass is 481 g/mol. The van der Waals surface area contributed by atoms with Crippen LogP contribution in [0.4, 0.5) is 0 Å². The summed E-state index contributed by atoms with van der Waals surface area (Å²) in [5, 5.41) is 10.3. The average molecular weight is 482 g/mol. The van der Waals surface area contributed by atoms with Crippen LogP contribution in [0.2, 0.25) is 0 Å².